The van der Waals surface area contributed by atoms with E-state index in [1.54, 1.807) is 0 Å². The second-order valence-electron chi connectivity index (χ2n) is 7.88. The van der Waals surface area contributed by atoms with E-state index >= 15 is 0 Å². The summed E-state index contributed by atoms with van der Waals surface area (Å²) < 4.78 is 12.4. The lowest BCUT2D eigenvalue weighted by Crippen LogP contribution is -2.44. The van der Waals surface area contributed by atoms with Crippen LogP contribution in [0.25, 0.3) is 0 Å². The highest BCUT2D eigenvalue weighted by Gasteiger charge is 2.29. The van der Waals surface area contributed by atoms with E-state index in [9.17, 15) is 4.21 Å². The first-order chi connectivity index (χ1) is 14.6. The molecule has 0 saturated carbocycles. The molecule has 3 unspecified atom stereocenters. The molecule has 1 aliphatic heterocycles. The molecule has 3 rings (SSSR count). The zero-order chi connectivity index (χ0) is 21.2. The molecule has 2 aromatic carbocycles. The summed E-state index contributed by atoms with van der Waals surface area (Å²) in [5, 5.41) is 6.92. The number of aliphatic imine (C=N–C) groups is 1. The molecule has 1 saturated heterocycles. The first-order valence-electron chi connectivity index (χ1n) is 10.9. The van der Waals surface area contributed by atoms with Gasteiger partial charge >= 0.3 is 0 Å². The van der Waals surface area contributed by atoms with Crippen molar-refractivity contribution < 1.29 is 4.21 Å². The highest BCUT2D eigenvalue weighted by Crippen LogP contribution is 2.20. The van der Waals surface area contributed by atoms with E-state index < -0.39 is 10.8 Å². The second kappa shape index (κ2) is 11.9. The van der Waals surface area contributed by atoms with E-state index in [1.807, 2.05) is 30.3 Å². The molecular weight excluding hydrogens is 392 g/mol. The molecule has 0 amide bonds. The van der Waals surface area contributed by atoms with E-state index in [0.717, 1.165) is 37.6 Å². The summed E-state index contributed by atoms with van der Waals surface area (Å²) in [7, 11) is -0.900. The summed E-state index contributed by atoms with van der Waals surface area (Å²) in [6.45, 7) is 7.72. The highest BCUT2D eigenvalue weighted by molar-refractivity contribution is 7.84. The standard InChI is InChI=1S/C24H34N4OS/c1-3-25-24(26-14-15-30(29)19-22-12-8-5-9-13-22)27-23-16-20(2)28(18-23)17-21-10-6-4-7-11-21/h4-13,20,23H,3,14-19H2,1-2H3,(H2,25,26,27). The Morgan fingerprint density at radius 1 is 1.10 bits per heavy atom. The Labute approximate surface area is 183 Å². The minimum Gasteiger partial charge on any atom is -0.357 e. The van der Waals surface area contributed by atoms with Crippen molar-refractivity contribution in [2.75, 3.05) is 25.4 Å². The maximum absolute atomic E-state index is 12.4. The van der Waals surface area contributed by atoms with Gasteiger partial charge in [-0.2, -0.15) is 0 Å². The van der Waals surface area contributed by atoms with Gasteiger partial charge in [0.05, 0.1) is 6.54 Å². The number of benzene rings is 2. The molecule has 1 aliphatic rings. The zero-order valence-electron chi connectivity index (χ0n) is 18.1. The van der Waals surface area contributed by atoms with Crippen LogP contribution in [-0.4, -0.2) is 52.5 Å². The number of hydrogen-bond acceptors (Lipinski definition) is 3. The summed E-state index contributed by atoms with van der Waals surface area (Å²) in [4.78, 5) is 7.19. The Balaban J connectivity index is 1.48. The molecule has 0 spiro atoms. The van der Waals surface area contributed by atoms with Crippen LogP contribution in [0.3, 0.4) is 0 Å². The van der Waals surface area contributed by atoms with Gasteiger partial charge in [-0.3, -0.25) is 14.1 Å². The van der Waals surface area contributed by atoms with Crippen LogP contribution in [0.15, 0.2) is 65.7 Å². The fraction of sp³-hybridized carbons (Fsp3) is 0.458. The quantitative estimate of drug-likeness (QED) is 0.478. The van der Waals surface area contributed by atoms with E-state index in [2.05, 4.69) is 64.7 Å². The van der Waals surface area contributed by atoms with E-state index in [0.29, 0.717) is 30.1 Å². The monoisotopic (exact) mass is 426 g/mol. The minimum absolute atomic E-state index is 0.372. The molecule has 1 fully saturated rings. The molecule has 5 nitrogen and oxygen atoms in total. The molecule has 6 heteroatoms. The average molecular weight is 427 g/mol. The lowest BCUT2D eigenvalue weighted by molar-refractivity contribution is 0.258. The van der Waals surface area contributed by atoms with Crippen molar-refractivity contribution >= 4 is 16.8 Å². The van der Waals surface area contributed by atoms with Crippen molar-refractivity contribution in [2.45, 2.75) is 44.6 Å². The molecule has 0 bridgehead atoms. The summed E-state index contributed by atoms with van der Waals surface area (Å²) in [5.41, 5.74) is 2.47. The van der Waals surface area contributed by atoms with Gasteiger partial charge in [-0.05, 0) is 31.4 Å². The molecule has 3 atom stereocenters. The molecule has 0 radical (unpaired) electrons. The molecule has 162 valence electrons. The Hall–Kier alpha value is -2.18. The number of rotatable bonds is 9. The molecule has 30 heavy (non-hydrogen) atoms. The Bertz CT molecular complexity index is 812. The van der Waals surface area contributed by atoms with Crippen LogP contribution < -0.4 is 10.6 Å². The number of likely N-dealkylation sites (tertiary alicyclic amines) is 1. The largest absolute Gasteiger partial charge is 0.357 e. The van der Waals surface area contributed by atoms with Gasteiger partial charge in [0.25, 0.3) is 0 Å². The fourth-order valence-electron chi connectivity index (χ4n) is 3.85. The van der Waals surface area contributed by atoms with Gasteiger partial charge in [-0.15, -0.1) is 0 Å². The van der Waals surface area contributed by atoms with Crippen LogP contribution in [0.1, 0.15) is 31.4 Å². The average Bonchev–Trinajstić information content (AvgIpc) is 3.08. The first-order valence-corrected chi connectivity index (χ1v) is 12.3. The van der Waals surface area contributed by atoms with Gasteiger partial charge in [-0.1, -0.05) is 60.7 Å². The molecule has 0 aromatic heterocycles. The van der Waals surface area contributed by atoms with Gasteiger partial charge in [0.15, 0.2) is 5.96 Å². The van der Waals surface area contributed by atoms with E-state index in [-0.39, 0.29) is 0 Å². The van der Waals surface area contributed by atoms with Crippen LogP contribution in [0.5, 0.6) is 0 Å². The number of guanidine groups is 1. The van der Waals surface area contributed by atoms with Gasteiger partial charge in [0.1, 0.15) is 0 Å². The molecule has 2 aromatic rings. The predicted octanol–water partition coefficient (Wildman–Crippen LogP) is 3.15. The molecular formula is C24H34N4OS. The lowest BCUT2D eigenvalue weighted by Gasteiger charge is -2.21. The minimum atomic E-state index is -0.900. The fourth-order valence-corrected chi connectivity index (χ4v) is 4.85. The SMILES string of the molecule is CCNC(=NCCS(=O)Cc1ccccc1)NC1CC(C)N(Cc2ccccc2)C1. The second-order valence-corrected chi connectivity index (χ2v) is 9.45. The maximum Gasteiger partial charge on any atom is 0.191 e. The third kappa shape index (κ3) is 7.26. The van der Waals surface area contributed by atoms with Crippen molar-refractivity contribution in [3.63, 3.8) is 0 Å². The number of nitrogens with one attached hydrogen (secondary N) is 2. The van der Waals surface area contributed by atoms with E-state index in [1.165, 1.54) is 5.56 Å². The predicted molar refractivity (Wildman–Crippen MR) is 127 cm³/mol. The summed E-state index contributed by atoms with van der Waals surface area (Å²) >= 11 is 0. The topological polar surface area (TPSA) is 56.7 Å². The van der Waals surface area contributed by atoms with Crippen molar-refractivity contribution in [3.8, 4) is 0 Å². The highest BCUT2D eigenvalue weighted by atomic mass is 32.2. The number of hydrogen-bond donors (Lipinski definition) is 2. The summed E-state index contributed by atoms with van der Waals surface area (Å²) in [6, 6.07) is 21.5. The van der Waals surface area contributed by atoms with Crippen molar-refractivity contribution in [1.29, 1.82) is 0 Å². The van der Waals surface area contributed by atoms with Crippen molar-refractivity contribution in [1.82, 2.24) is 15.5 Å². The van der Waals surface area contributed by atoms with E-state index in [4.69, 9.17) is 0 Å². The number of nitrogens with zero attached hydrogens (tertiary/aromatic N) is 2. The van der Waals surface area contributed by atoms with Crippen molar-refractivity contribution in [2.24, 2.45) is 4.99 Å². The van der Waals surface area contributed by atoms with Crippen LogP contribution in [0, 0.1) is 0 Å². The smallest absolute Gasteiger partial charge is 0.191 e. The van der Waals surface area contributed by atoms with Gasteiger partial charge in [-0.25, -0.2) is 0 Å². The lowest BCUT2D eigenvalue weighted by atomic mass is 10.2. The van der Waals surface area contributed by atoms with Gasteiger partial charge in [0, 0.05) is 54.0 Å². The van der Waals surface area contributed by atoms with Crippen LogP contribution in [0.2, 0.25) is 0 Å². The van der Waals surface area contributed by atoms with Gasteiger partial charge < -0.3 is 10.6 Å². The van der Waals surface area contributed by atoms with Crippen LogP contribution in [0.4, 0.5) is 0 Å². The molecule has 1 heterocycles. The van der Waals surface area contributed by atoms with Crippen LogP contribution >= 0.6 is 0 Å². The zero-order valence-corrected chi connectivity index (χ0v) is 18.9. The summed E-state index contributed by atoms with van der Waals surface area (Å²) in [6.07, 6.45) is 1.09. The van der Waals surface area contributed by atoms with Crippen molar-refractivity contribution in [3.05, 3.63) is 71.8 Å². The Kier molecular flexibility index (Phi) is 8.90. The molecule has 0 aliphatic carbocycles. The third-order valence-corrected chi connectivity index (χ3v) is 6.67. The maximum atomic E-state index is 12.4. The van der Waals surface area contributed by atoms with Gasteiger partial charge in [0.2, 0.25) is 0 Å². The van der Waals surface area contributed by atoms with Crippen LogP contribution in [-0.2, 0) is 23.1 Å². The molecule has 2 N–H and O–H groups in total. The normalized spacial score (nSPS) is 20.8. The Morgan fingerprint density at radius 3 is 2.43 bits per heavy atom. The summed E-state index contributed by atoms with van der Waals surface area (Å²) in [5.74, 6) is 2.00. The first kappa shape index (κ1) is 22.5. The Morgan fingerprint density at radius 2 is 1.77 bits per heavy atom. The third-order valence-electron chi connectivity index (χ3n) is 5.38.